The van der Waals surface area contributed by atoms with Crippen LogP contribution in [0, 0.1) is 11.3 Å². The highest BCUT2D eigenvalue weighted by atomic mass is 32.2. The van der Waals surface area contributed by atoms with Crippen LogP contribution in [0.15, 0.2) is 36.9 Å². The molecule has 3 heterocycles. The monoisotopic (exact) mass is 804 g/mol. The van der Waals surface area contributed by atoms with Gasteiger partial charge in [0, 0.05) is 18.9 Å². The molecule has 55 heavy (non-hydrogen) atoms. The van der Waals surface area contributed by atoms with Crippen molar-refractivity contribution in [1.29, 1.82) is 0 Å². The van der Waals surface area contributed by atoms with Gasteiger partial charge in [-0.2, -0.15) is 0 Å². The van der Waals surface area contributed by atoms with Gasteiger partial charge in [-0.25, -0.2) is 26.4 Å². The highest BCUT2D eigenvalue weighted by molar-refractivity contribution is 7.91. The lowest BCUT2D eigenvalue weighted by Gasteiger charge is -2.36. The normalized spacial score (nSPS) is 29.6. The molecule has 3 fully saturated rings. The Bertz CT molecular complexity index is 2030. The Kier molecular flexibility index (Phi) is 11.0. The van der Waals surface area contributed by atoms with E-state index in [1.165, 1.54) is 15.9 Å². The molecule has 17 nitrogen and oxygen atoms in total. The zero-order valence-electron chi connectivity index (χ0n) is 31.2. The third-order valence-electron chi connectivity index (χ3n) is 10.5. The number of nitrogens with one attached hydrogen (secondary N) is 4. The molecule has 4 bridgehead atoms. The van der Waals surface area contributed by atoms with Crippen LogP contribution in [0.2, 0.25) is 0 Å². The van der Waals surface area contributed by atoms with Crippen LogP contribution in [0.1, 0.15) is 63.1 Å². The Morgan fingerprint density at radius 3 is 2.45 bits per heavy atom. The minimum absolute atomic E-state index is 0.0112. The van der Waals surface area contributed by atoms with Crippen molar-refractivity contribution >= 4 is 55.8 Å². The summed E-state index contributed by atoms with van der Waals surface area (Å²) in [7, 11) is -7.89. The highest BCUT2D eigenvalue weighted by Crippen LogP contribution is 2.45. The molecular formula is C36H48N6O11S2. The summed E-state index contributed by atoms with van der Waals surface area (Å²) in [5, 5.41) is 4.67. The average Bonchev–Trinajstić information content (AvgIpc) is 3.98. The number of hydrogen-bond acceptors (Lipinski definition) is 11. The van der Waals surface area contributed by atoms with E-state index in [1.807, 2.05) is 18.2 Å². The maximum Gasteiger partial charge on any atom is 0.410 e. The molecule has 2 saturated carbocycles. The lowest BCUT2D eigenvalue weighted by atomic mass is 9.85. The Morgan fingerprint density at radius 1 is 1.09 bits per heavy atom. The molecule has 1 aromatic carbocycles. The molecule has 0 spiro atoms. The Labute approximate surface area is 320 Å². The van der Waals surface area contributed by atoms with Gasteiger partial charge < -0.3 is 25.0 Å². The minimum Gasteiger partial charge on any atom is -0.444 e. The fourth-order valence-corrected chi connectivity index (χ4v) is 9.31. The van der Waals surface area contributed by atoms with E-state index in [1.54, 1.807) is 32.9 Å². The zero-order valence-corrected chi connectivity index (χ0v) is 32.8. The average molecular weight is 805 g/mol. The largest absolute Gasteiger partial charge is 0.444 e. The predicted molar refractivity (Wildman–Crippen MR) is 198 cm³/mol. The van der Waals surface area contributed by atoms with Crippen LogP contribution in [-0.4, -0.2) is 117 Å². The van der Waals surface area contributed by atoms with E-state index >= 15 is 0 Å². The first-order chi connectivity index (χ1) is 25.7. The second-order valence-corrected chi connectivity index (χ2v) is 19.7. The molecule has 300 valence electrons. The van der Waals surface area contributed by atoms with Crippen molar-refractivity contribution < 1.29 is 50.3 Å². The Morgan fingerprint density at radius 2 is 1.82 bits per heavy atom. The molecule has 0 unspecified atom stereocenters. The summed E-state index contributed by atoms with van der Waals surface area (Å²) < 4.78 is 66.0. The summed E-state index contributed by atoms with van der Waals surface area (Å²) in [5.74, 6) is -3.91. The first-order valence-corrected chi connectivity index (χ1v) is 21.6. The van der Waals surface area contributed by atoms with Gasteiger partial charge in [0.1, 0.15) is 29.8 Å². The number of carbonyl (C=O) groups excluding carboxylic acids is 5. The summed E-state index contributed by atoms with van der Waals surface area (Å²) in [6.07, 6.45) is 4.90. The summed E-state index contributed by atoms with van der Waals surface area (Å²) in [5.41, 5.74) is -0.0511. The first kappa shape index (κ1) is 40.3. The van der Waals surface area contributed by atoms with E-state index < -0.39 is 96.1 Å². The van der Waals surface area contributed by atoms with Gasteiger partial charge >= 0.3 is 6.09 Å². The van der Waals surface area contributed by atoms with Crippen LogP contribution in [-0.2, 0) is 61.8 Å². The van der Waals surface area contributed by atoms with Crippen LogP contribution in [0.4, 0.5) is 4.79 Å². The fraction of sp³-hybridized carbons (Fsp3) is 0.583. The lowest BCUT2D eigenvalue weighted by Crippen LogP contribution is -2.62. The molecule has 19 heteroatoms. The van der Waals surface area contributed by atoms with Crippen molar-refractivity contribution in [2.75, 3.05) is 26.0 Å². The third-order valence-corrected chi connectivity index (χ3v) is 13.0. The quantitative estimate of drug-likeness (QED) is 0.261. The first-order valence-electron chi connectivity index (χ1n) is 18.1. The third kappa shape index (κ3) is 8.89. The molecule has 6 atom stereocenters. The van der Waals surface area contributed by atoms with Gasteiger partial charge in [0.15, 0.2) is 0 Å². The predicted octanol–water partition coefficient (Wildman–Crippen LogP) is 0.270. The van der Waals surface area contributed by atoms with Gasteiger partial charge in [-0.3, -0.25) is 28.8 Å². The van der Waals surface area contributed by atoms with E-state index in [0.717, 1.165) is 22.9 Å². The summed E-state index contributed by atoms with van der Waals surface area (Å²) in [6, 6.07) is 1.52. The van der Waals surface area contributed by atoms with Crippen molar-refractivity contribution in [3.63, 3.8) is 0 Å². The number of benzene rings is 1. The van der Waals surface area contributed by atoms with Gasteiger partial charge in [0.25, 0.3) is 5.91 Å². The number of hydrogen-bond donors (Lipinski definition) is 4. The number of fused-ring (bicyclic) bond motifs is 3. The van der Waals surface area contributed by atoms with Crippen LogP contribution >= 0.6 is 0 Å². The second-order valence-electron chi connectivity index (χ2n) is 16.0. The van der Waals surface area contributed by atoms with E-state index in [9.17, 15) is 40.8 Å². The summed E-state index contributed by atoms with van der Waals surface area (Å²) in [6.45, 7) is 8.61. The number of ether oxygens (including phenoxy) is 2. The van der Waals surface area contributed by atoms with Gasteiger partial charge in [-0.15, -0.1) is 6.58 Å². The van der Waals surface area contributed by atoms with Crippen molar-refractivity contribution in [2.45, 2.75) is 94.6 Å². The molecule has 5 aliphatic rings. The van der Waals surface area contributed by atoms with Crippen LogP contribution < -0.4 is 20.1 Å². The molecule has 4 N–H and O–H groups in total. The standard InChI is InChI=1S/C36H48N6O11S2/c1-6-23-16-36(23,33(46)40-55(50,51)25-12-13-25)38-31(44)28-15-24-18-42(28)32(45)29(35(2,3)4)37-30(43)27(39-54(5,48)49)20-52-14-8-11-21-9-7-10-22-17-41(19-26(21)22)34(47)53-24/h6-11,23-25,27-29,39H,1,12-20H2,2-5H3,(H,37,43)(H,38,44)(H,40,46)/b11-8+/t23-,24-,27+,28+,29-,36-/m1/s1. The summed E-state index contributed by atoms with van der Waals surface area (Å²) in [4.78, 5) is 72.3. The number of rotatable bonds is 8. The van der Waals surface area contributed by atoms with Crippen molar-refractivity contribution in [3.05, 3.63) is 53.6 Å². The van der Waals surface area contributed by atoms with Crippen molar-refractivity contribution in [3.8, 4) is 0 Å². The van der Waals surface area contributed by atoms with Gasteiger partial charge in [0.05, 0.1) is 37.8 Å². The smallest absolute Gasteiger partial charge is 0.410 e. The van der Waals surface area contributed by atoms with Gasteiger partial charge in [-0.05, 0) is 41.4 Å². The Hall–Kier alpha value is -4.33. The van der Waals surface area contributed by atoms with E-state index in [-0.39, 0.29) is 45.7 Å². The molecule has 5 amide bonds. The maximum absolute atomic E-state index is 14.6. The molecule has 1 saturated heterocycles. The molecule has 3 aliphatic heterocycles. The maximum atomic E-state index is 14.6. The molecular weight excluding hydrogens is 757 g/mol. The van der Waals surface area contributed by atoms with Crippen LogP contribution in [0.3, 0.4) is 0 Å². The topological polar surface area (TPSA) is 227 Å². The molecule has 1 aromatic rings. The lowest BCUT2D eigenvalue weighted by molar-refractivity contribution is -0.145. The van der Waals surface area contributed by atoms with E-state index in [0.29, 0.717) is 12.8 Å². The Balaban J connectivity index is 1.32. The number of amides is 5. The molecule has 6 rings (SSSR count). The number of nitrogens with zero attached hydrogens (tertiary/aromatic N) is 2. The zero-order chi connectivity index (χ0) is 40.1. The van der Waals surface area contributed by atoms with E-state index in [2.05, 4.69) is 26.7 Å². The molecule has 2 aliphatic carbocycles. The minimum atomic E-state index is -3.96. The number of carbonyl (C=O) groups is 5. The van der Waals surface area contributed by atoms with Gasteiger partial charge in [-0.1, -0.05) is 57.2 Å². The SMILES string of the molecule is C=C[C@@H]1C[C@]1(NC(=O)[C@@H]1C[C@@H]2CN1C(=O)[C@H](C(C)(C)C)NC(=O)[C@@H](NS(C)(=O)=O)COC/C=C/c1cccc3c1CN(C3)C(=O)O2)C(=O)NS(=O)(=O)C1CC1. The fourth-order valence-electron chi connectivity index (χ4n) is 7.25. The molecule has 0 aromatic heterocycles. The van der Waals surface area contributed by atoms with Crippen molar-refractivity contribution in [1.82, 2.24) is 29.9 Å². The van der Waals surface area contributed by atoms with Gasteiger partial charge in [0.2, 0.25) is 37.8 Å². The van der Waals surface area contributed by atoms with Crippen LogP contribution in [0.25, 0.3) is 6.08 Å². The van der Waals surface area contributed by atoms with Crippen molar-refractivity contribution in [2.24, 2.45) is 11.3 Å². The highest BCUT2D eigenvalue weighted by Gasteiger charge is 2.62. The summed E-state index contributed by atoms with van der Waals surface area (Å²) >= 11 is 0. The van der Waals surface area contributed by atoms with E-state index in [4.69, 9.17) is 9.47 Å². The number of sulfonamides is 2. The van der Waals surface area contributed by atoms with Crippen LogP contribution in [0.5, 0.6) is 0 Å². The second kappa shape index (κ2) is 15.0. The molecule has 0 radical (unpaired) electrons.